The Hall–Kier alpha value is -2.35. The van der Waals surface area contributed by atoms with Gasteiger partial charge in [0, 0.05) is 18.7 Å². The minimum absolute atomic E-state index is 0.0469. The van der Waals surface area contributed by atoms with Gasteiger partial charge in [-0.25, -0.2) is 0 Å². The highest BCUT2D eigenvalue weighted by molar-refractivity contribution is 5.99. The number of benzene rings is 1. The third kappa shape index (κ3) is 4.39. The van der Waals surface area contributed by atoms with Gasteiger partial charge in [-0.05, 0) is 12.8 Å². The van der Waals surface area contributed by atoms with Crippen LogP contribution in [0.2, 0.25) is 0 Å². The average Bonchev–Trinajstić information content (AvgIpc) is 3.21. The standard InChI is InChI=1S/C17H18F3N3O2/c18-17(19,20)11-23-15(12-5-2-1-3-6-12)14(10-22-23)16(24)21-9-13-7-4-8-25-13/h1-3,5-6,10,13H,4,7-9,11H2,(H,21,24)/t13-/m1/s1. The lowest BCUT2D eigenvalue weighted by Gasteiger charge is -2.13. The maximum atomic E-state index is 12.8. The number of hydrogen-bond donors (Lipinski definition) is 1. The van der Waals surface area contributed by atoms with E-state index in [2.05, 4.69) is 10.4 Å². The molecule has 3 rings (SSSR count). The van der Waals surface area contributed by atoms with Gasteiger partial charge in [-0.1, -0.05) is 30.3 Å². The second-order valence-corrected chi connectivity index (χ2v) is 5.89. The normalized spacial score (nSPS) is 17.6. The molecule has 1 atom stereocenters. The molecule has 1 aliphatic heterocycles. The maximum absolute atomic E-state index is 12.8. The number of rotatable bonds is 5. The van der Waals surface area contributed by atoms with Crippen LogP contribution in [0.15, 0.2) is 36.5 Å². The van der Waals surface area contributed by atoms with Crippen LogP contribution in [0.3, 0.4) is 0 Å². The molecule has 0 unspecified atom stereocenters. The molecular weight excluding hydrogens is 335 g/mol. The van der Waals surface area contributed by atoms with Gasteiger partial charge in [-0.2, -0.15) is 18.3 Å². The molecule has 25 heavy (non-hydrogen) atoms. The van der Waals surface area contributed by atoms with E-state index in [9.17, 15) is 18.0 Å². The molecule has 1 fully saturated rings. The highest BCUT2D eigenvalue weighted by atomic mass is 19.4. The molecule has 1 amide bonds. The minimum atomic E-state index is -4.43. The molecule has 1 N–H and O–H groups in total. The molecule has 0 spiro atoms. The SMILES string of the molecule is O=C(NC[C@H]1CCCO1)c1cnn(CC(F)(F)F)c1-c1ccccc1. The van der Waals surface area contributed by atoms with Gasteiger partial charge < -0.3 is 10.1 Å². The zero-order valence-electron chi connectivity index (χ0n) is 13.4. The lowest BCUT2D eigenvalue weighted by molar-refractivity contribution is -0.142. The summed E-state index contributed by atoms with van der Waals surface area (Å²) in [4.78, 5) is 12.5. The van der Waals surface area contributed by atoms with Gasteiger partial charge >= 0.3 is 6.18 Å². The van der Waals surface area contributed by atoms with Crippen molar-refractivity contribution in [1.29, 1.82) is 0 Å². The smallest absolute Gasteiger partial charge is 0.376 e. The van der Waals surface area contributed by atoms with E-state index in [-0.39, 0.29) is 17.4 Å². The number of hydrogen-bond acceptors (Lipinski definition) is 3. The van der Waals surface area contributed by atoms with Crippen LogP contribution in [0.25, 0.3) is 11.3 Å². The zero-order chi connectivity index (χ0) is 17.9. The van der Waals surface area contributed by atoms with Crippen LogP contribution in [0, 0.1) is 0 Å². The van der Waals surface area contributed by atoms with Crippen LogP contribution >= 0.6 is 0 Å². The van der Waals surface area contributed by atoms with Gasteiger partial charge in [-0.15, -0.1) is 0 Å². The van der Waals surface area contributed by atoms with Crippen molar-refractivity contribution in [1.82, 2.24) is 15.1 Å². The van der Waals surface area contributed by atoms with Crippen LogP contribution in [-0.2, 0) is 11.3 Å². The topological polar surface area (TPSA) is 56.1 Å². The zero-order valence-corrected chi connectivity index (χ0v) is 13.4. The maximum Gasteiger partial charge on any atom is 0.408 e. The number of ether oxygens (including phenoxy) is 1. The van der Waals surface area contributed by atoms with Crippen molar-refractivity contribution in [3.05, 3.63) is 42.1 Å². The van der Waals surface area contributed by atoms with Crippen LogP contribution in [0.5, 0.6) is 0 Å². The highest BCUT2D eigenvalue weighted by Gasteiger charge is 2.31. The molecule has 2 heterocycles. The van der Waals surface area contributed by atoms with Crippen molar-refractivity contribution >= 4 is 5.91 Å². The summed E-state index contributed by atoms with van der Waals surface area (Å²) >= 11 is 0. The first-order chi connectivity index (χ1) is 11.9. The van der Waals surface area contributed by atoms with E-state index < -0.39 is 18.6 Å². The monoisotopic (exact) mass is 353 g/mol. The Morgan fingerprint density at radius 1 is 1.32 bits per heavy atom. The Balaban J connectivity index is 1.86. The van der Waals surface area contributed by atoms with Crippen LogP contribution < -0.4 is 5.32 Å². The molecule has 1 aliphatic rings. The Labute approximate surface area is 142 Å². The summed E-state index contributed by atoms with van der Waals surface area (Å²) in [7, 11) is 0. The summed E-state index contributed by atoms with van der Waals surface area (Å²) in [6, 6.07) is 8.47. The Kier molecular flexibility index (Phi) is 5.08. The number of alkyl halides is 3. The Bertz CT molecular complexity index is 722. The highest BCUT2D eigenvalue weighted by Crippen LogP contribution is 2.27. The van der Waals surface area contributed by atoms with Gasteiger partial charge in [0.25, 0.3) is 5.91 Å². The number of carbonyl (C=O) groups excluding carboxylic acids is 1. The summed E-state index contributed by atoms with van der Waals surface area (Å²) in [5.74, 6) is -0.456. The van der Waals surface area contributed by atoms with Gasteiger partial charge in [0.05, 0.1) is 23.6 Å². The number of nitrogens with one attached hydrogen (secondary N) is 1. The van der Waals surface area contributed by atoms with Crippen molar-refractivity contribution < 1.29 is 22.7 Å². The number of carbonyl (C=O) groups is 1. The second-order valence-electron chi connectivity index (χ2n) is 5.89. The number of aromatic nitrogens is 2. The minimum Gasteiger partial charge on any atom is -0.376 e. The lowest BCUT2D eigenvalue weighted by Crippen LogP contribution is -2.32. The predicted molar refractivity (Wildman–Crippen MR) is 85.0 cm³/mol. The van der Waals surface area contributed by atoms with Crippen molar-refractivity contribution in [3.8, 4) is 11.3 Å². The van der Waals surface area contributed by atoms with E-state index in [0.717, 1.165) is 17.5 Å². The molecule has 8 heteroatoms. The van der Waals surface area contributed by atoms with E-state index >= 15 is 0 Å². The Morgan fingerprint density at radius 2 is 2.08 bits per heavy atom. The molecule has 134 valence electrons. The van der Waals surface area contributed by atoms with Crippen molar-refractivity contribution in [3.63, 3.8) is 0 Å². The first-order valence-corrected chi connectivity index (χ1v) is 8.02. The number of nitrogens with zero attached hydrogens (tertiary/aromatic N) is 2. The Morgan fingerprint density at radius 3 is 2.72 bits per heavy atom. The van der Waals surface area contributed by atoms with Crippen molar-refractivity contribution in [2.45, 2.75) is 31.7 Å². The van der Waals surface area contributed by atoms with E-state index in [4.69, 9.17) is 4.74 Å². The van der Waals surface area contributed by atoms with E-state index in [1.54, 1.807) is 30.3 Å². The summed E-state index contributed by atoms with van der Waals surface area (Å²) in [6.45, 7) is -0.257. The second kappa shape index (κ2) is 7.26. The first kappa shape index (κ1) is 17.5. The average molecular weight is 353 g/mol. The first-order valence-electron chi connectivity index (χ1n) is 8.02. The molecule has 2 aromatic rings. The quantitative estimate of drug-likeness (QED) is 0.899. The van der Waals surface area contributed by atoms with E-state index in [1.807, 2.05) is 0 Å². The van der Waals surface area contributed by atoms with E-state index in [0.29, 0.717) is 18.7 Å². The number of halogens is 3. The van der Waals surface area contributed by atoms with Crippen LogP contribution in [-0.4, -0.2) is 41.1 Å². The molecular formula is C17H18F3N3O2. The summed E-state index contributed by atoms with van der Waals surface area (Å²) in [5.41, 5.74) is 0.780. The fraction of sp³-hybridized carbons (Fsp3) is 0.412. The lowest BCUT2D eigenvalue weighted by atomic mass is 10.1. The predicted octanol–water partition coefficient (Wildman–Crippen LogP) is 3.02. The van der Waals surface area contributed by atoms with Crippen molar-refractivity contribution in [2.75, 3.05) is 13.2 Å². The number of amides is 1. The fourth-order valence-electron chi connectivity index (χ4n) is 2.85. The largest absolute Gasteiger partial charge is 0.408 e. The van der Waals surface area contributed by atoms with Crippen LogP contribution in [0.4, 0.5) is 13.2 Å². The molecule has 1 aromatic carbocycles. The summed E-state index contributed by atoms with van der Waals surface area (Å²) < 4.78 is 44.7. The molecule has 0 aliphatic carbocycles. The van der Waals surface area contributed by atoms with Gasteiger partial charge in [0.15, 0.2) is 0 Å². The van der Waals surface area contributed by atoms with Gasteiger partial charge in [-0.3, -0.25) is 9.48 Å². The summed E-state index contributed by atoms with van der Waals surface area (Å²) in [6.07, 6.45) is -1.49. The molecule has 1 aromatic heterocycles. The van der Waals surface area contributed by atoms with E-state index in [1.165, 1.54) is 6.20 Å². The summed E-state index contributed by atoms with van der Waals surface area (Å²) in [5, 5.41) is 6.51. The fourth-order valence-corrected chi connectivity index (χ4v) is 2.85. The molecule has 0 saturated carbocycles. The van der Waals surface area contributed by atoms with Crippen molar-refractivity contribution in [2.24, 2.45) is 0 Å². The third-order valence-electron chi connectivity index (χ3n) is 3.97. The molecule has 5 nitrogen and oxygen atoms in total. The molecule has 0 radical (unpaired) electrons. The van der Waals surface area contributed by atoms with Gasteiger partial charge in [0.1, 0.15) is 6.54 Å². The van der Waals surface area contributed by atoms with Crippen LogP contribution in [0.1, 0.15) is 23.2 Å². The third-order valence-corrected chi connectivity index (χ3v) is 3.97. The van der Waals surface area contributed by atoms with Gasteiger partial charge in [0.2, 0.25) is 0 Å². The molecule has 0 bridgehead atoms. The molecule has 1 saturated heterocycles.